The average Bonchev–Trinajstić information content (AvgIpc) is 3.13. The summed E-state index contributed by atoms with van der Waals surface area (Å²) in [5.41, 5.74) is 2.86. The maximum atomic E-state index is 13.0. The third-order valence-electron chi connectivity index (χ3n) is 5.52. The summed E-state index contributed by atoms with van der Waals surface area (Å²) >= 11 is 0.840. The highest BCUT2D eigenvalue weighted by Crippen LogP contribution is 2.36. The molecule has 11 heteroatoms. The number of nitrogens with zero attached hydrogens (tertiary/aromatic N) is 1. The molecular formula is C28H26N2O7S2. The smallest absolute Gasteiger partial charge is 0.339 e. The van der Waals surface area contributed by atoms with Crippen LogP contribution in [0.25, 0.3) is 6.08 Å². The van der Waals surface area contributed by atoms with Crippen molar-refractivity contribution in [2.75, 3.05) is 11.9 Å². The van der Waals surface area contributed by atoms with Gasteiger partial charge in [0.1, 0.15) is 4.90 Å². The zero-order valence-electron chi connectivity index (χ0n) is 21.5. The summed E-state index contributed by atoms with van der Waals surface area (Å²) in [6, 6.07) is 17.7. The Labute approximate surface area is 230 Å². The second-order valence-electron chi connectivity index (χ2n) is 8.64. The Morgan fingerprint density at radius 1 is 1.03 bits per heavy atom. The summed E-state index contributed by atoms with van der Waals surface area (Å²) in [6.45, 7) is 5.43. The van der Waals surface area contributed by atoms with Crippen molar-refractivity contribution in [2.24, 2.45) is 0 Å². The number of aryl methyl sites for hydroxylation is 1. The van der Waals surface area contributed by atoms with Crippen LogP contribution in [0.5, 0.6) is 11.5 Å². The fourth-order valence-electron chi connectivity index (χ4n) is 3.81. The number of hydrogen-bond donors (Lipinski definition) is 1. The van der Waals surface area contributed by atoms with E-state index >= 15 is 0 Å². The molecule has 0 saturated carbocycles. The first kappa shape index (κ1) is 27.9. The lowest BCUT2D eigenvalue weighted by Crippen LogP contribution is -2.27. The third kappa shape index (κ3) is 6.87. The maximum absolute atomic E-state index is 13.0. The number of nitrogens with one attached hydrogen (secondary N) is 1. The number of hydrogen-bond acceptors (Lipinski definition) is 8. The molecule has 1 heterocycles. The SMILES string of the molecule is CCOc1cc(/C=C2\SC(=O)N(Cc3cccc(C)c3)C2=O)ccc1OS(=O)(=O)c1ccc(NC(C)=O)cc1. The molecule has 0 spiro atoms. The molecule has 202 valence electrons. The van der Waals surface area contributed by atoms with Gasteiger partial charge in [-0.2, -0.15) is 8.42 Å². The number of carbonyl (C=O) groups excluding carboxylic acids is 3. The zero-order valence-corrected chi connectivity index (χ0v) is 23.1. The average molecular weight is 567 g/mol. The number of benzene rings is 3. The first-order chi connectivity index (χ1) is 18.6. The van der Waals surface area contributed by atoms with Crippen LogP contribution in [0.15, 0.2) is 76.5 Å². The molecule has 1 aliphatic rings. The zero-order chi connectivity index (χ0) is 28.2. The van der Waals surface area contributed by atoms with Gasteiger partial charge < -0.3 is 14.2 Å². The highest BCUT2D eigenvalue weighted by atomic mass is 32.2. The van der Waals surface area contributed by atoms with E-state index < -0.39 is 16.0 Å². The predicted molar refractivity (Wildman–Crippen MR) is 149 cm³/mol. The second-order valence-corrected chi connectivity index (χ2v) is 11.2. The van der Waals surface area contributed by atoms with Gasteiger partial charge in [0, 0.05) is 12.6 Å². The Kier molecular flexibility index (Phi) is 8.41. The molecule has 1 fully saturated rings. The summed E-state index contributed by atoms with van der Waals surface area (Å²) in [6.07, 6.45) is 1.56. The van der Waals surface area contributed by atoms with Crippen molar-refractivity contribution >= 4 is 50.7 Å². The van der Waals surface area contributed by atoms with Gasteiger partial charge >= 0.3 is 10.1 Å². The van der Waals surface area contributed by atoms with Crippen molar-refractivity contribution in [2.45, 2.75) is 32.2 Å². The summed E-state index contributed by atoms with van der Waals surface area (Å²) in [5, 5.41) is 2.20. The summed E-state index contributed by atoms with van der Waals surface area (Å²) in [5.74, 6) is -0.564. The van der Waals surface area contributed by atoms with Gasteiger partial charge in [-0.05, 0) is 79.2 Å². The topological polar surface area (TPSA) is 119 Å². The minimum atomic E-state index is -4.21. The molecule has 0 radical (unpaired) electrons. The van der Waals surface area contributed by atoms with E-state index in [0.29, 0.717) is 11.3 Å². The van der Waals surface area contributed by atoms with E-state index in [1.165, 1.54) is 42.2 Å². The molecule has 3 aromatic rings. The number of rotatable bonds is 9. The number of carbonyl (C=O) groups is 3. The maximum Gasteiger partial charge on any atom is 0.339 e. The van der Waals surface area contributed by atoms with Crippen LogP contribution in [0, 0.1) is 6.92 Å². The Morgan fingerprint density at radius 2 is 1.77 bits per heavy atom. The van der Waals surface area contributed by atoms with Gasteiger partial charge in [0.25, 0.3) is 11.1 Å². The molecule has 3 amide bonds. The van der Waals surface area contributed by atoms with Crippen molar-refractivity contribution in [3.05, 3.63) is 88.3 Å². The molecule has 1 saturated heterocycles. The van der Waals surface area contributed by atoms with Crippen molar-refractivity contribution in [3.63, 3.8) is 0 Å². The fraction of sp³-hybridized carbons (Fsp3) is 0.179. The molecule has 4 rings (SSSR count). The lowest BCUT2D eigenvalue weighted by atomic mass is 10.1. The van der Waals surface area contributed by atoms with Crippen LogP contribution in [-0.4, -0.2) is 37.0 Å². The molecule has 9 nitrogen and oxygen atoms in total. The first-order valence-corrected chi connectivity index (χ1v) is 14.2. The Morgan fingerprint density at radius 3 is 2.44 bits per heavy atom. The monoisotopic (exact) mass is 566 g/mol. The Hall–Kier alpha value is -4.09. The molecule has 0 atom stereocenters. The van der Waals surface area contributed by atoms with E-state index in [1.807, 2.05) is 31.2 Å². The molecule has 0 aliphatic carbocycles. The number of imide groups is 1. The molecule has 3 aromatic carbocycles. The van der Waals surface area contributed by atoms with Crippen LogP contribution >= 0.6 is 11.8 Å². The van der Waals surface area contributed by atoms with Gasteiger partial charge in [0.05, 0.1) is 18.1 Å². The Balaban J connectivity index is 1.54. The molecule has 0 bridgehead atoms. The number of thioether (sulfide) groups is 1. The van der Waals surface area contributed by atoms with E-state index in [2.05, 4.69) is 5.32 Å². The fourth-order valence-corrected chi connectivity index (χ4v) is 5.58. The molecule has 0 unspecified atom stereocenters. The summed E-state index contributed by atoms with van der Waals surface area (Å²) in [4.78, 5) is 38.1. The molecule has 0 aromatic heterocycles. The van der Waals surface area contributed by atoms with Gasteiger partial charge in [0.15, 0.2) is 11.5 Å². The number of ether oxygens (including phenoxy) is 1. The number of anilines is 1. The number of amides is 3. The van der Waals surface area contributed by atoms with E-state index in [1.54, 1.807) is 25.1 Å². The Bertz CT molecular complexity index is 1560. The lowest BCUT2D eigenvalue weighted by Gasteiger charge is -2.13. The third-order valence-corrected chi connectivity index (χ3v) is 7.68. The van der Waals surface area contributed by atoms with Crippen molar-refractivity contribution in [1.29, 1.82) is 0 Å². The van der Waals surface area contributed by atoms with Crippen LogP contribution < -0.4 is 14.2 Å². The van der Waals surface area contributed by atoms with Crippen LogP contribution in [0.3, 0.4) is 0 Å². The predicted octanol–water partition coefficient (Wildman–Crippen LogP) is 5.36. The van der Waals surface area contributed by atoms with Crippen LogP contribution in [-0.2, 0) is 26.3 Å². The van der Waals surface area contributed by atoms with Gasteiger partial charge in [-0.25, -0.2) is 0 Å². The van der Waals surface area contributed by atoms with E-state index in [0.717, 1.165) is 22.9 Å². The standard InChI is InChI=1S/C28H26N2O7S2/c1-4-36-25-15-20(16-26-27(32)30(28(33)38-26)17-21-7-5-6-18(2)14-21)8-13-24(25)37-39(34,35)23-11-9-22(10-12-23)29-19(3)31/h5-16H,4,17H2,1-3H3,(H,29,31)/b26-16-. The molecule has 1 N–H and O–H groups in total. The van der Waals surface area contributed by atoms with Crippen molar-refractivity contribution in [1.82, 2.24) is 4.90 Å². The normalized spacial score (nSPS) is 14.5. The van der Waals surface area contributed by atoms with E-state index in [-0.39, 0.29) is 45.6 Å². The van der Waals surface area contributed by atoms with Gasteiger partial charge in [0.2, 0.25) is 5.91 Å². The van der Waals surface area contributed by atoms with E-state index in [4.69, 9.17) is 8.92 Å². The lowest BCUT2D eigenvalue weighted by molar-refractivity contribution is -0.123. The molecule has 39 heavy (non-hydrogen) atoms. The minimum absolute atomic E-state index is 0.0347. The molecular weight excluding hydrogens is 540 g/mol. The summed E-state index contributed by atoms with van der Waals surface area (Å²) in [7, 11) is -4.21. The highest BCUT2D eigenvalue weighted by molar-refractivity contribution is 8.18. The summed E-state index contributed by atoms with van der Waals surface area (Å²) < 4.78 is 36.7. The van der Waals surface area contributed by atoms with Crippen molar-refractivity contribution < 1.29 is 31.7 Å². The van der Waals surface area contributed by atoms with Crippen LogP contribution in [0.1, 0.15) is 30.5 Å². The molecule has 1 aliphatic heterocycles. The van der Waals surface area contributed by atoms with E-state index in [9.17, 15) is 22.8 Å². The second kappa shape index (κ2) is 11.7. The van der Waals surface area contributed by atoms with Crippen molar-refractivity contribution in [3.8, 4) is 11.5 Å². The largest absolute Gasteiger partial charge is 0.490 e. The van der Waals surface area contributed by atoms with Crippen LogP contribution in [0.4, 0.5) is 10.5 Å². The van der Waals surface area contributed by atoms with Gasteiger partial charge in [-0.1, -0.05) is 35.9 Å². The first-order valence-electron chi connectivity index (χ1n) is 12.0. The van der Waals surface area contributed by atoms with Gasteiger partial charge in [-0.15, -0.1) is 0 Å². The van der Waals surface area contributed by atoms with Crippen LogP contribution in [0.2, 0.25) is 0 Å². The van der Waals surface area contributed by atoms with Gasteiger partial charge in [-0.3, -0.25) is 19.3 Å². The highest BCUT2D eigenvalue weighted by Gasteiger charge is 2.35. The minimum Gasteiger partial charge on any atom is -0.490 e. The quantitative estimate of drug-likeness (QED) is 0.272.